The second-order valence-corrected chi connectivity index (χ2v) is 8.34. The highest BCUT2D eigenvalue weighted by Crippen LogP contribution is 2.39. The fourth-order valence-corrected chi connectivity index (χ4v) is 5.07. The summed E-state index contributed by atoms with van der Waals surface area (Å²) in [5.41, 5.74) is 0.264. The Hall–Kier alpha value is -0.630. The van der Waals surface area contributed by atoms with E-state index in [0.717, 1.165) is 25.8 Å². The van der Waals surface area contributed by atoms with Crippen molar-refractivity contribution < 1.29 is 13.2 Å². The first-order valence-electron chi connectivity index (χ1n) is 6.60. The Kier molecular flexibility index (Phi) is 3.80. The van der Waals surface area contributed by atoms with Crippen LogP contribution in [-0.2, 0) is 10.0 Å². The Balaban J connectivity index is 1.99. The van der Waals surface area contributed by atoms with Crippen LogP contribution in [0, 0.1) is 5.92 Å². The molecule has 1 aliphatic heterocycles. The molecular formula is C13H14BrClN2O3S. The van der Waals surface area contributed by atoms with E-state index in [9.17, 15) is 13.2 Å². The number of hydrogen-bond acceptors (Lipinski definition) is 3. The molecule has 0 spiro atoms. The molecule has 1 aromatic carbocycles. The van der Waals surface area contributed by atoms with E-state index in [1.54, 1.807) is 0 Å². The van der Waals surface area contributed by atoms with E-state index in [4.69, 9.17) is 16.7 Å². The van der Waals surface area contributed by atoms with Gasteiger partial charge in [0.25, 0.3) is 5.91 Å². The number of likely N-dealkylation sites (tertiary alicyclic amines) is 1. The standard InChI is InChI=1S/C13H14BrClN2O3S/c14-12-10(15)4-8(5-11(12)21(16,19)20)13(18)17-6-7-1-2-9(17)3-7/h4-5,7,9H,1-3,6H2,(H2,16,19,20). The molecule has 2 fully saturated rings. The summed E-state index contributed by atoms with van der Waals surface area (Å²) < 4.78 is 23.4. The van der Waals surface area contributed by atoms with Gasteiger partial charge in [-0.1, -0.05) is 11.6 Å². The highest BCUT2D eigenvalue weighted by molar-refractivity contribution is 9.10. The molecule has 1 amide bonds. The van der Waals surface area contributed by atoms with E-state index in [2.05, 4.69) is 15.9 Å². The van der Waals surface area contributed by atoms with Crippen LogP contribution in [0.4, 0.5) is 0 Å². The minimum absolute atomic E-state index is 0.161. The summed E-state index contributed by atoms with van der Waals surface area (Å²) in [5.74, 6) is 0.393. The number of hydrogen-bond donors (Lipinski definition) is 1. The summed E-state index contributed by atoms with van der Waals surface area (Å²) in [6, 6.07) is 3.04. The molecule has 2 atom stereocenters. The van der Waals surface area contributed by atoms with Gasteiger partial charge in [0.15, 0.2) is 0 Å². The van der Waals surface area contributed by atoms with E-state index in [1.165, 1.54) is 12.1 Å². The largest absolute Gasteiger partial charge is 0.335 e. The third kappa shape index (κ3) is 2.72. The summed E-state index contributed by atoms with van der Waals surface area (Å²) in [7, 11) is -3.95. The summed E-state index contributed by atoms with van der Waals surface area (Å²) in [6.45, 7) is 0.738. The van der Waals surface area contributed by atoms with Crippen molar-refractivity contribution in [1.29, 1.82) is 0 Å². The Bertz CT molecular complexity index is 722. The van der Waals surface area contributed by atoms with Gasteiger partial charge >= 0.3 is 0 Å². The van der Waals surface area contributed by atoms with Crippen LogP contribution in [0.25, 0.3) is 0 Å². The molecule has 3 rings (SSSR count). The van der Waals surface area contributed by atoms with Crippen molar-refractivity contribution in [2.45, 2.75) is 30.2 Å². The first kappa shape index (κ1) is 15.3. The smallest absolute Gasteiger partial charge is 0.254 e. The van der Waals surface area contributed by atoms with Crippen molar-refractivity contribution in [3.8, 4) is 0 Å². The normalized spacial score (nSPS) is 24.6. The number of sulfonamides is 1. The number of carbonyl (C=O) groups is 1. The van der Waals surface area contributed by atoms with Crippen molar-refractivity contribution in [3.63, 3.8) is 0 Å². The van der Waals surface area contributed by atoms with Gasteiger partial charge in [0.05, 0.1) is 14.4 Å². The number of nitrogens with two attached hydrogens (primary N) is 1. The van der Waals surface area contributed by atoms with Crippen LogP contribution < -0.4 is 5.14 Å². The van der Waals surface area contributed by atoms with Gasteiger partial charge in [-0.25, -0.2) is 13.6 Å². The number of carbonyl (C=O) groups excluding carboxylic acids is 1. The molecule has 1 aromatic rings. The fourth-order valence-electron chi connectivity index (χ4n) is 3.23. The molecule has 1 heterocycles. The molecular weight excluding hydrogens is 380 g/mol. The molecule has 0 radical (unpaired) electrons. The van der Waals surface area contributed by atoms with Crippen LogP contribution in [0.3, 0.4) is 0 Å². The molecule has 1 aliphatic carbocycles. The number of nitrogens with zero attached hydrogens (tertiary/aromatic N) is 1. The molecule has 2 bridgehead atoms. The quantitative estimate of drug-likeness (QED) is 0.837. The lowest BCUT2D eigenvalue weighted by Crippen LogP contribution is -2.37. The van der Waals surface area contributed by atoms with Crippen LogP contribution >= 0.6 is 27.5 Å². The summed E-state index contributed by atoms with van der Waals surface area (Å²) in [5, 5.41) is 5.33. The minimum atomic E-state index is -3.95. The van der Waals surface area contributed by atoms with E-state index >= 15 is 0 Å². The van der Waals surface area contributed by atoms with Crippen molar-refractivity contribution in [2.75, 3.05) is 6.54 Å². The summed E-state index contributed by atoms with van der Waals surface area (Å²) in [4.78, 5) is 14.3. The van der Waals surface area contributed by atoms with Gasteiger partial charge in [0.1, 0.15) is 0 Å². The van der Waals surface area contributed by atoms with E-state index in [-0.39, 0.29) is 31.9 Å². The maximum absolute atomic E-state index is 12.6. The Morgan fingerprint density at radius 2 is 2.10 bits per heavy atom. The van der Waals surface area contributed by atoms with Crippen LogP contribution in [0.1, 0.15) is 29.6 Å². The average Bonchev–Trinajstić information content (AvgIpc) is 3.01. The molecule has 1 saturated heterocycles. The Morgan fingerprint density at radius 1 is 1.38 bits per heavy atom. The molecule has 2 N–H and O–H groups in total. The monoisotopic (exact) mass is 392 g/mol. The van der Waals surface area contributed by atoms with E-state index in [0.29, 0.717) is 5.92 Å². The van der Waals surface area contributed by atoms with Gasteiger partial charge in [0.2, 0.25) is 10.0 Å². The first-order chi connectivity index (χ1) is 9.77. The van der Waals surface area contributed by atoms with Gasteiger partial charge < -0.3 is 4.90 Å². The number of primary sulfonamides is 1. The van der Waals surface area contributed by atoms with Gasteiger partial charge in [-0.3, -0.25) is 4.79 Å². The van der Waals surface area contributed by atoms with E-state index in [1.807, 2.05) is 4.90 Å². The van der Waals surface area contributed by atoms with Crippen LogP contribution in [0.5, 0.6) is 0 Å². The maximum Gasteiger partial charge on any atom is 0.254 e. The van der Waals surface area contributed by atoms with Crippen molar-refractivity contribution in [3.05, 3.63) is 27.2 Å². The lowest BCUT2D eigenvalue weighted by Gasteiger charge is -2.27. The third-order valence-corrected chi connectivity index (χ3v) is 6.80. The highest BCUT2D eigenvalue weighted by Gasteiger charge is 2.40. The number of benzene rings is 1. The molecule has 0 aromatic heterocycles. The van der Waals surface area contributed by atoms with Gasteiger partial charge in [-0.05, 0) is 53.2 Å². The van der Waals surface area contributed by atoms with Crippen molar-refractivity contribution in [1.82, 2.24) is 4.90 Å². The SMILES string of the molecule is NS(=O)(=O)c1cc(C(=O)N2CC3CCC2C3)cc(Cl)c1Br. The lowest BCUT2D eigenvalue weighted by molar-refractivity contribution is 0.0703. The highest BCUT2D eigenvalue weighted by atomic mass is 79.9. The van der Waals surface area contributed by atoms with Crippen LogP contribution in [-0.4, -0.2) is 31.8 Å². The molecule has 8 heteroatoms. The Morgan fingerprint density at radius 3 is 2.62 bits per heavy atom. The zero-order valence-electron chi connectivity index (χ0n) is 11.1. The predicted octanol–water partition coefficient (Wildman–Crippen LogP) is 2.37. The minimum Gasteiger partial charge on any atom is -0.335 e. The number of fused-ring (bicyclic) bond motifs is 2. The van der Waals surface area contributed by atoms with Crippen LogP contribution in [0.2, 0.25) is 5.02 Å². The molecule has 5 nitrogen and oxygen atoms in total. The maximum atomic E-state index is 12.6. The van der Waals surface area contributed by atoms with E-state index < -0.39 is 10.0 Å². The second kappa shape index (κ2) is 5.22. The van der Waals surface area contributed by atoms with Crippen LogP contribution in [0.15, 0.2) is 21.5 Å². The van der Waals surface area contributed by atoms with Crippen molar-refractivity contribution >= 4 is 43.5 Å². The summed E-state index contributed by atoms with van der Waals surface area (Å²) in [6.07, 6.45) is 3.22. The number of rotatable bonds is 2. The zero-order chi connectivity index (χ0) is 15.4. The van der Waals surface area contributed by atoms with Gasteiger partial charge in [-0.2, -0.15) is 0 Å². The summed E-state index contributed by atoms with van der Waals surface area (Å²) >= 11 is 9.12. The number of piperidine rings is 1. The predicted molar refractivity (Wildman–Crippen MR) is 82.7 cm³/mol. The molecule has 2 aliphatic rings. The molecule has 114 valence electrons. The van der Waals surface area contributed by atoms with Gasteiger partial charge in [-0.15, -0.1) is 0 Å². The third-order valence-electron chi connectivity index (χ3n) is 4.22. The van der Waals surface area contributed by atoms with Gasteiger partial charge in [0, 0.05) is 18.2 Å². The second-order valence-electron chi connectivity index (χ2n) is 5.61. The number of amides is 1. The average molecular weight is 394 g/mol. The zero-order valence-corrected chi connectivity index (χ0v) is 14.2. The first-order valence-corrected chi connectivity index (χ1v) is 9.32. The fraction of sp³-hybridized carbons (Fsp3) is 0.462. The lowest BCUT2D eigenvalue weighted by atomic mass is 10.1. The Labute approximate surface area is 136 Å². The van der Waals surface area contributed by atoms with Crippen molar-refractivity contribution in [2.24, 2.45) is 11.1 Å². The molecule has 21 heavy (non-hydrogen) atoms. The molecule has 2 unspecified atom stereocenters. The topological polar surface area (TPSA) is 80.5 Å². The number of halogens is 2. The molecule has 1 saturated carbocycles.